The summed E-state index contributed by atoms with van der Waals surface area (Å²) in [4.78, 5) is 14.9. The zero-order valence-corrected chi connectivity index (χ0v) is 8.97. The molecule has 0 radical (unpaired) electrons. The summed E-state index contributed by atoms with van der Waals surface area (Å²) in [5.41, 5.74) is 8.91. The Hall–Kier alpha value is -2.04. The van der Waals surface area contributed by atoms with Crippen LogP contribution < -0.4 is 5.73 Å². The van der Waals surface area contributed by atoms with Crippen LogP contribution in [0.3, 0.4) is 0 Å². The van der Waals surface area contributed by atoms with Crippen molar-refractivity contribution in [2.24, 2.45) is 0 Å². The van der Waals surface area contributed by atoms with Crippen LogP contribution in [0, 0.1) is 6.92 Å². The van der Waals surface area contributed by atoms with Crippen molar-refractivity contribution in [1.29, 1.82) is 0 Å². The van der Waals surface area contributed by atoms with Crippen LogP contribution in [-0.2, 0) is 11.2 Å². The van der Waals surface area contributed by atoms with E-state index in [0.717, 1.165) is 17.0 Å². The molecule has 2 heterocycles. The Balaban J connectivity index is 2.40. The molecule has 5 nitrogen and oxygen atoms in total. The molecule has 0 aromatic carbocycles. The summed E-state index contributed by atoms with van der Waals surface area (Å²) in [6.07, 6.45) is 2.34. The number of nitrogens with two attached hydrogens (primary N) is 1. The number of hydrogen-bond donors (Lipinski definition) is 2. The third kappa shape index (κ3) is 1.84. The van der Waals surface area contributed by atoms with E-state index in [1.54, 1.807) is 12.3 Å². The van der Waals surface area contributed by atoms with Crippen molar-refractivity contribution in [3.8, 4) is 0 Å². The molecule has 0 amide bonds. The summed E-state index contributed by atoms with van der Waals surface area (Å²) >= 11 is 0. The summed E-state index contributed by atoms with van der Waals surface area (Å²) in [7, 11) is 0. The largest absolute Gasteiger partial charge is 0.481 e. The maximum absolute atomic E-state index is 10.5. The van der Waals surface area contributed by atoms with E-state index in [-0.39, 0.29) is 6.42 Å². The molecule has 0 bridgehead atoms. The standard InChI is InChI=1S/C11H13N3O2/c1-7-9(3-5-11(15)16)13-10-4-2-8(12)6-14(7)10/h2,4,6H,3,5,12H2,1H3,(H,15,16). The lowest BCUT2D eigenvalue weighted by Crippen LogP contribution is -1.99. The summed E-state index contributed by atoms with van der Waals surface area (Å²) in [5, 5.41) is 8.63. The Morgan fingerprint density at radius 1 is 1.56 bits per heavy atom. The molecule has 0 aliphatic carbocycles. The molecule has 0 unspecified atom stereocenters. The van der Waals surface area contributed by atoms with Crippen molar-refractivity contribution in [3.63, 3.8) is 0 Å². The Labute approximate surface area is 92.5 Å². The summed E-state index contributed by atoms with van der Waals surface area (Å²) in [6.45, 7) is 1.91. The lowest BCUT2D eigenvalue weighted by atomic mass is 10.2. The Morgan fingerprint density at radius 3 is 3.00 bits per heavy atom. The van der Waals surface area contributed by atoms with E-state index in [1.807, 2.05) is 17.4 Å². The number of rotatable bonds is 3. The lowest BCUT2D eigenvalue weighted by molar-refractivity contribution is -0.136. The van der Waals surface area contributed by atoms with Crippen LogP contribution in [0.4, 0.5) is 5.69 Å². The minimum Gasteiger partial charge on any atom is -0.481 e. The van der Waals surface area contributed by atoms with Gasteiger partial charge in [-0.15, -0.1) is 0 Å². The fourth-order valence-electron chi connectivity index (χ4n) is 1.69. The van der Waals surface area contributed by atoms with Gasteiger partial charge in [-0.25, -0.2) is 4.98 Å². The summed E-state index contributed by atoms with van der Waals surface area (Å²) < 4.78 is 1.88. The van der Waals surface area contributed by atoms with Crippen molar-refractivity contribution < 1.29 is 9.90 Å². The third-order valence-corrected chi connectivity index (χ3v) is 2.55. The molecule has 0 saturated carbocycles. The maximum Gasteiger partial charge on any atom is 0.303 e. The highest BCUT2D eigenvalue weighted by atomic mass is 16.4. The lowest BCUT2D eigenvalue weighted by Gasteiger charge is -1.98. The van der Waals surface area contributed by atoms with Gasteiger partial charge in [0.05, 0.1) is 12.1 Å². The van der Waals surface area contributed by atoms with Crippen LogP contribution in [0.5, 0.6) is 0 Å². The second kappa shape index (κ2) is 3.84. The van der Waals surface area contributed by atoms with Gasteiger partial charge >= 0.3 is 5.97 Å². The molecule has 0 aliphatic rings. The molecule has 3 N–H and O–H groups in total. The molecule has 0 spiro atoms. The zero-order valence-electron chi connectivity index (χ0n) is 8.97. The number of aryl methyl sites for hydroxylation is 2. The average Bonchev–Trinajstić information content (AvgIpc) is 2.53. The van der Waals surface area contributed by atoms with Gasteiger partial charge in [-0.1, -0.05) is 0 Å². The molecule has 2 aromatic heterocycles. The topological polar surface area (TPSA) is 80.6 Å². The molecule has 84 valence electrons. The number of pyridine rings is 1. The number of fused-ring (bicyclic) bond motifs is 1. The number of carbonyl (C=O) groups is 1. The van der Waals surface area contributed by atoms with Gasteiger partial charge in [-0.2, -0.15) is 0 Å². The van der Waals surface area contributed by atoms with E-state index in [2.05, 4.69) is 4.98 Å². The Morgan fingerprint density at radius 2 is 2.31 bits per heavy atom. The quantitative estimate of drug-likeness (QED) is 0.813. The van der Waals surface area contributed by atoms with Crippen molar-refractivity contribution >= 4 is 17.3 Å². The highest BCUT2D eigenvalue weighted by molar-refractivity contribution is 5.67. The molecule has 0 saturated heterocycles. The van der Waals surface area contributed by atoms with Gasteiger partial charge < -0.3 is 15.2 Å². The van der Waals surface area contributed by atoms with Crippen molar-refractivity contribution in [2.75, 3.05) is 5.73 Å². The number of carboxylic acids is 1. The van der Waals surface area contributed by atoms with E-state index >= 15 is 0 Å². The van der Waals surface area contributed by atoms with Crippen LogP contribution in [0.2, 0.25) is 0 Å². The van der Waals surface area contributed by atoms with Crippen LogP contribution in [0.25, 0.3) is 5.65 Å². The van der Waals surface area contributed by atoms with Crippen molar-refractivity contribution in [3.05, 3.63) is 29.7 Å². The number of carboxylic acid groups (broad SMARTS) is 1. The molecule has 0 fully saturated rings. The number of aliphatic carboxylic acids is 1. The number of nitrogens with zero attached hydrogens (tertiary/aromatic N) is 2. The van der Waals surface area contributed by atoms with Crippen LogP contribution >= 0.6 is 0 Å². The third-order valence-electron chi connectivity index (χ3n) is 2.55. The van der Waals surface area contributed by atoms with E-state index in [4.69, 9.17) is 10.8 Å². The van der Waals surface area contributed by atoms with Crippen LogP contribution in [0.15, 0.2) is 18.3 Å². The first-order valence-corrected chi connectivity index (χ1v) is 5.03. The monoisotopic (exact) mass is 219 g/mol. The molecule has 2 aromatic rings. The van der Waals surface area contributed by atoms with Gasteiger partial charge in [0.15, 0.2) is 0 Å². The minimum atomic E-state index is -0.809. The van der Waals surface area contributed by atoms with Gasteiger partial charge in [0.2, 0.25) is 0 Å². The molecular formula is C11H13N3O2. The van der Waals surface area contributed by atoms with E-state index in [0.29, 0.717) is 12.1 Å². The summed E-state index contributed by atoms with van der Waals surface area (Å²) in [6, 6.07) is 3.61. The molecule has 0 atom stereocenters. The van der Waals surface area contributed by atoms with Gasteiger partial charge in [0.25, 0.3) is 0 Å². The van der Waals surface area contributed by atoms with Crippen molar-refractivity contribution in [1.82, 2.24) is 9.38 Å². The van der Waals surface area contributed by atoms with Gasteiger partial charge in [0.1, 0.15) is 5.65 Å². The molecule has 2 rings (SSSR count). The second-order valence-electron chi connectivity index (χ2n) is 3.73. The van der Waals surface area contributed by atoms with E-state index < -0.39 is 5.97 Å². The molecule has 16 heavy (non-hydrogen) atoms. The normalized spacial score (nSPS) is 10.8. The average molecular weight is 219 g/mol. The van der Waals surface area contributed by atoms with Gasteiger partial charge in [-0.3, -0.25) is 4.79 Å². The van der Waals surface area contributed by atoms with E-state index in [1.165, 1.54) is 0 Å². The zero-order chi connectivity index (χ0) is 11.7. The van der Waals surface area contributed by atoms with Gasteiger partial charge in [0, 0.05) is 24.0 Å². The molecule has 0 aliphatic heterocycles. The molecule has 5 heteroatoms. The first-order valence-electron chi connectivity index (χ1n) is 5.03. The predicted molar refractivity (Wildman–Crippen MR) is 60.3 cm³/mol. The first kappa shape index (κ1) is 10.5. The number of imidazole rings is 1. The number of hydrogen-bond acceptors (Lipinski definition) is 3. The fourth-order valence-corrected chi connectivity index (χ4v) is 1.69. The predicted octanol–water partition coefficient (Wildman–Crippen LogP) is 1.24. The van der Waals surface area contributed by atoms with E-state index in [9.17, 15) is 4.79 Å². The minimum absolute atomic E-state index is 0.0974. The summed E-state index contributed by atoms with van der Waals surface area (Å²) in [5.74, 6) is -0.809. The first-order chi connectivity index (χ1) is 7.58. The van der Waals surface area contributed by atoms with Crippen LogP contribution in [0.1, 0.15) is 17.8 Å². The second-order valence-corrected chi connectivity index (χ2v) is 3.73. The Kier molecular flexibility index (Phi) is 2.52. The maximum atomic E-state index is 10.5. The Bertz CT molecular complexity index is 545. The highest BCUT2D eigenvalue weighted by Gasteiger charge is 2.09. The number of anilines is 1. The van der Waals surface area contributed by atoms with Gasteiger partial charge in [-0.05, 0) is 19.1 Å². The van der Waals surface area contributed by atoms with Crippen LogP contribution in [-0.4, -0.2) is 20.5 Å². The smallest absolute Gasteiger partial charge is 0.303 e. The number of aromatic nitrogens is 2. The number of nitrogen functional groups attached to an aromatic ring is 1. The SMILES string of the molecule is Cc1c(CCC(=O)O)nc2ccc(N)cn12. The fraction of sp³-hybridized carbons (Fsp3) is 0.273. The van der Waals surface area contributed by atoms with Crippen molar-refractivity contribution in [2.45, 2.75) is 19.8 Å². The highest BCUT2D eigenvalue weighted by Crippen LogP contribution is 2.15. The molecular weight excluding hydrogens is 206 g/mol.